The molecule has 12 heteroatoms. The summed E-state index contributed by atoms with van der Waals surface area (Å²) in [4.78, 5) is 36.5. The average molecular weight is 617 g/mol. The van der Waals surface area contributed by atoms with Crippen molar-refractivity contribution in [2.24, 2.45) is 5.92 Å². The lowest BCUT2D eigenvalue weighted by molar-refractivity contribution is -0.146. The van der Waals surface area contributed by atoms with Gasteiger partial charge in [0.2, 0.25) is 5.91 Å². The van der Waals surface area contributed by atoms with E-state index in [0.29, 0.717) is 55.1 Å². The second kappa shape index (κ2) is 13.6. The number of likely N-dealkylation sites (N-methyl/N-ethyl adjacent to an activating group) is 1. The van der Waals surface area contributed by atoms with Gasteiger partial charge in [-0.05, 0) is 80.8 Å². The number of hydrogen-bond donors (Lipinski definition) is 2. The van der Waals surface area contributed by atoms with E-state index in [1.54, 1.807) is 30.4 Å². The molecule has 0 radical (unpaired) electrons. The van der Waals surface area contributed by atoms with Crippen molar-refractivity contribution < 1.29 is 33.1 Å². The molecule has 1 saturated heterocycles. The Balaban J connectivity index is 1.29. The van der Waals surface area contributed by atoms with Crippen LogP contribution in [0, 0.1) is 18.7 Å². The van der Waals surface area contributed by atoms with E-state index in [2.05, 4.69) is 10.3 Å². The highest BCUT2D eigenvalue weighted by molar-refractivity contribution is 6.30. The van der Waals surface area contributed by atoms with Crippen molar-refractivity contribution in [2.75, 3.05) is 32.6 Å². The number of aliphatic carboxylic acids is 1. The summed E-state index contributed by atoms with van der Waals surface area (Å²) in [5.74, 6) is -1.77. The van der Waals surface area contributed by atoms with Crippen molar-refractivity contribution in [2.45, 2.75) is 70.1 Å². The molecule has 232 valence electrons. The summed E-state index contributed by atoms with van der Waals surface area (Å²) in [6.07, 6.45) is 4.10. The number of hydrogen-bond acceptors (Lipinski definition) is 8. The summed E-state index contributed by atoms with van der Waals surface area (Å²) in [6, 6.07) is 8.24. The number of halogens is 2. The van der Waals surface area contributed by atoms with Crippen LogP contribution in [0.4, 0.5) is 16.1 Å². The van der Waals surface area contributed by atoms with Gasteiger partial charge in [-0.2, -0.15) is 10.0 Å². The molecule has 1 aliphatic carbocycles. The fraction of sp³-hybridized carbons (Fsp3) is 0.516. The number of anilines is 2. The molecule has 1 amide bonds. The van der Waals surface area contributed by atoms with Crippen molar-refractivity contribution >= 4 is 46.3 Å². The molecular formula is C31H38ClFN4O6. The topological polar surface area (TPSA) is 117 Å². The maximum absolute atomic E-state index is 15.2. The Kier molecular flexibility index (Phi) is 9.85. The molecular weight excluding hydrogens is 579 g/mol. The normalized spacial score (nSPS) is 22.4. The van der Waals surface area contributed by atoms with Crippen molar-refractivity contribution in [3.8, 4) is 0 Å². The van der Waals surface area contributed by atoms with Crippen molar-refractivity contribution in [3.05, 3.63) is 52.3 Å². The predicted molar refractivity (Wildman–Crippen MR) is 160 cm³/mol. The van der Waals surface area contributed by atoms with Crippen LogP contribution in [0.2, 0.25) is 5.02 Å². The molecule has 3 aromatic rings. The second-order valence-corrected chi connectivity index (χ2v) is 12.0. The second-order valence-electron chi connectivity index (χ2n) is 11.5. The minimum Gasteiger partial charge on any atom is -0.481 e. The molecule has 5 rings (SSSR count). The van der Waals surface area contributed by atoms with E-state index in [1.807, 2.05) is 24.9 Å². The highest BCUT2D eigenvalue weighted by Gasteiger charge is 2.38. The minimum atomic E-state index is -0.750. The first-order valence-electron chi connectivity index (χ1n) is 14.6. The summed E-state index contributed by atoms with van der Waals surface area (Å²) in [5.41, 5.74) is 2.40. The lowest BCUT2D eigenvalue weighted by atomic mass is 9.87. The number of carboxylic acids is 1. The molecule has 0 bridgehead atoms. The van der Waals surface area contributed by atoms with Gasteiger partial charge in [0.05, 0.1) is 38.2 Å². The van der Waals surface area contributed by atoms with Gasteiger partial charge in [0, 0.05) is 30.3 Å². The average Bonchev–Trinajstić information content (AvgIpc) is 3.57. The molecule has 2 fully saturated rings. The highest BCUT2D eigenvalue weighted by Crippen LogP contribution is 2.32. The number of likely N-dealkylation sites (tertiary alicyclic amines) is 1. The lowest BCUT2D eigenvalue weighted by Crippen LogP contribution is -2.48. The van der Waals surface area contributed by atoms with Crippen LogP contribution in [-0.4, -0.2) is 77.4 Å². The van der Waals surface area contributed by atoms with Crippen LogP contribution in [-0.2, 0) is 25.6 Å². The molecule has 0 spiro atoms. The Hall–Kier alpha value is -3.25. The molecule has 2 atom stereocenters. The van der Waals surface area contributed by atoms with Gasteiger partial charge in [-0.15, -0.1) is 0 Å². The molecule has 0 unspecified atom stereocenters. The Bertz CT molecular complexity index is 1460. The zero-order chi connectivity index (χ0) is 30.7. The Morgan fingerprint density at radius 1 is 1.16 bits per heavy atom. The van der Waals surface area contributed by atoms with E-state index in [4.69, 9.17) is 25.6 Å². The number of hydroxylamine groups is 2. The molecule has 10 nitrogen and oxygen atoms in total. The number of nitrogens with zero attached hydrogens (tertiary/aromatic N) is 3. The number of carbonyl (C=O) groups is 2. The third kappa shape index (κ3) is 7.46. The summed E-state index contributed by atoms with van der Waals surface area (Å²) in [5, 5.41) is 14.6. The number of ether oxygens (including phenoxy) is 1. The molecule has 2 heterocycles. The Morgan fingerprint density at radius 3 is 2.63 bits per heavy atom. The summed E-state index contributed by atoms with van der Waals surface area (Å²) < 4.78 is 27.2. The highest BCUT2D eigenvalue weighted by atomic mass is 35.5. The third-order valence-corrected chi connectivity index (χ3v) is 8.78. The standard InChI is InChI=1S/C31H38ClFN4O6/c1-18-4-7-21(32)15-26(18)34-31-35-29-25(33)12-19(13-27(29)43-31)14-28(38)37-22(16-36(2)41-3)8-9-23(37)17-42-24-10-5-20(6-11-24)30(39)40/h4,7,12-13,15,20,22-24H,5-6,8-11,14,16-17H2,1-3H3,(H,34,35)(H,39,40)/t20?,22-,23-,24?/m0/s1. The van der Waals surface area contributed by atoms with Crippen LogP contribution >= 0.6 is 11.6 Å². The SMILES string of the molecule is CON(C)C[C@@H]1CC[C@@H](COC2CCC(C(=O)O)CC2)N1C(=O)Cc1cc(F)c2nc(Nc3cc(Cl)ccc3C)oc2c1. The molecule has 1 aromatic heterocycles. The van der Waals surface area contributed by atoms with Gasteiger partial charge in [-0.3, -0.25) is 9.59 Å². The van der Waals surface area contributed by atoms with Gasteiger partial charge < -0.3 is 29.3 Å². The van der Waals surface area contributed by atoms with E-state index >= 15 is 4.39 Å². The molecule has 2 N–H and O–H groups in total. The summed E-state index contributed by atoms with van der Waals surface area (Å²) >= 11 is 6.12. The largest absolute Gasteiger partial charge is 0.481 e. The number of oxazole rings is 1. The monoisotopic (exact) mass is 616 g/mol. The van der Waals surface area contributed by atoms with Gasteiger partial charge in [-0.25, -0.2) is 4.39 Å². The fourth-order valence-electron chi connectivity index (χ4n) is 6.11. The maximum atomic E-state index is 15.2. The van der Waals surface area contributed by atoms with Gasteiger partial charge in [0.25, 0.3) is 6.01 Å². The first-order chi connectivity index (χ1) is 20.6. The van der Waals surface area contributed by atoms with Gasteiger partial charge >= 0.3 is 5.97 Å². The first-order valence-corrected chi connectivity index (χ1v) is 15.0. The summed E-state index contributed by atoms with van der Waals surface area (Å²) in [6.45, 7) is 2.80. The number of rotatable bonds is 11. The van der Waals surface area contributed by atoms with E-state index in [1.165, 1.54) is 6.07 Å². The van der Waals surface area contributed by atoms with E-state index in [9.17, 15) is 14.7 Å². The number of carbonyl (C=O) groups excluding carboxylic acids is 1. The van der Waals surface area contributed by atoms with Crippen molar-refractivity contribution in [1.82, 2.24) is 14.9 Å². The number of benzene rings is 2. The zero-order valence-electron chi connectivity index (χ0n) is 24.6. The minimum absolute atomic E-state index is 0.0167. The summed E-state index contributed by atoms with van der Waals surface area (Å²) in [7, 11) is 3.40. The zero-order valence-corrected chi connectivity index (χ0v) is 25.4. The molecule has 1 saturated carbocycles. The number of aromatic nitrogens is 1. The van der Waals surface area contributed by atoms with E-state index in [0.717, 1.165) is 18.4 Å². The van der Waals surface area contributed by atoms with Gasteiger partial charge in [0.1, 0.15) is 5.52 Å². The van der Waals surface area contributed by atoms with Crippen molar-refractivity contribution in [1.29, 1.82) is 0 Å². The van der Waals surface area contributed by atoms with Crippen LogP contribution in [0.3, 0.4) is 0 Å². The molecule has 43 heavy (non-hydrogen) atoms. The molecule has 1 aliphatic heterocycles. The maximum Gasteiger partial charge on any atom is 0.306 e. The smallest absolute Gasteiger partial charge is 0.306 e. The fourth-order valence-corrected chi connectivity index (χ4v) is 6.29. The Labute approximate surface area is 255 Å². The van der Waals surface area contributed by atoms with Crippen LogP contribution in [0.1, 0.15) is 49.7 Å². The van der Waals surface area contributed by atoms with Crippen LogP contribution in [0.15, 0.2) is 34.7 Å². The molecule has 2 aromatic carbocycles. The van der Waals surface area contributed by atoms with Gasteiger partial charge in [-0.1, -0.05) is 17.7 Å². The first kappa shape index (κ1) is 31.2. The van der Waals surface area contributed by atoms with Crippen molar-refractivity contribution in [3.63, 3.8) is 0 Å². The number of carboxylic acid groups (broad SMARTS) is 1. The number of nitrogens with one attached hydrogen (secondary N) is 1. The predicted octanol–water partition coefficient (Wildman–Crippen LogP) is 5.73. The van der Waals surface area contributed by atoms with Crippen LogP contribution < -0.4 is 5.32 Å². The van der Waals surface area contributed by atoms with E-state index < -0.39 is 11.8 Å². The van der Waals surface area contributed by atoms with Crippen LogP contribution in [0.25, 0.3) is 11.1 Å². The number of aryl methyl sites for hydroxylation is 1. The van der Waals surface area contributed by atoms with E-state index in [-0.39, 0.29) is 53.5 Å². The van der Waals surface area contributed by atoms with Gasteiger partial charge in [0.15, 0.2) is 11.4 Å². The Morgan fingerprint density at radius 2 is 1.91 bits per heavy atom. The third-order valence-electron chi connectivity index (χ3n) is 8.54. The number of fused-ring (bicyclic) bond motifs is 1. The number of amides is 1. The molecule has 2 aliphatic rings. The lowest BCUT2D eigenvalue weighted by Gasteiger charge is -2.34. The quantitative estimate of drug-likeness (QED) is 0.261. The van der Waals surface area contributed by atoms with Crippen LogP contribution in [0.5, 0.6) is 0 Å².